The summed E-state index contributed by atoms with van der Waals surface area (Å²) in [6.07, 6.45) is 0.270. The van der Waals surface area contributed by atoms with Gasteiger partial charge in [0.25, 0.3) is 5.91 Å². The molecule has 0 atom stereocenters. The van der Waals surface area contributed by atoms with E-state index in [9.17, 15) is 9.59 Å². The first-order valence-corrected chi connectivity index (χ1v) is 9.08. The summed E-state index contributed by atoms with van der Waals surface area (Å²) in [4.78, 5) is 23.6. The van der Waals surface area contributed by atoms with E-state index in [1.807, 2.05) is 19.1 Å². The Morgan fingerprint density at radius 1 is 0.852 bits per heavy atom. The van der Waals surface area contributed by atoms with Crippen LogP contribution >= 0.6 is 11.6 Å². The van der Waals surface area contributed by atoms with Gasteiger partial charge in [0.05, 0.1) is 13.0 Å². The van der Waals surface area contributed by atoms with Crippen LogP contribution < -0.4 is 20.1 Å². The van der Waals surface area contributed by atoms with Crippen LogP contribution in [0, 0.1) is 0 Å². The fourth-order valence-electron chi connectivity index (χ4n) is 2.25. The smallest absolute Gasteiger partial charge is 0.258 e. The summed E-state index contributed by atoms with van der Waals surface area (Å²) in [6.45, 7) is 3.10. The summed E-state index contributed by atoms with van der Waals surface area (Å²) in [5.41, 5.74) is 0.879. The van der Waals surface area contributed by atoms with E-state index in [-0.39, 0.29) is 24.8 Å². The van der Waals surface area contributed by atoms with Crippen LogP contribution in [-0.2, 0) is 16.0 Å². The van der Waals surface area contributed by atoms with Crippen molar-refractivity contribution in [1.29, 1.82) is 0 Å². The lowest BCUT2D eigenvalue weighted by molar-refractivity contribution is -0.124. The summed E-state index contributed by atoms with van der Waals surface area (Å²) < 4.78 is 10.7. The van der Waals surface area contributed by atoms with Gasteiger partial charge in [-0.3, -0.25) is 9.59 Å². The molecule has 0 aliphatic rings. The van der Waals surface area contributed by atoms with Crippen molar-refractivity contribution in [1.82, 2.24) is 10.6 Å². The molecule has 0 heterocycles. The highest BCUT2D eigenvalue weighted by molar-refractivity contribution is 6.30. The maximum Gasteiger partial charge on any atom is 0.258 e. The molecule has 0 aliphatic carbocycles. The van der Waals surface area contributed by atoms with Crippen molar-refractivity contribution < 1.29 is 19.1 Å². The quantitative estimate of drug-likeness (QED) is 0.611. The van der Waals surface area contributed by atoms with Gasteiger partial charge in [-0.1, -0.05) is 23.7 Å². The molecule has 0 fully saturated rings. The van der Waals surface area contributed by atoms with E-state index in [0.717, 1.165) is 11.3 Å². The second-order valence-corrected chi connectivity index (χ2v) is 6.13. The van der Waals surface area contributed by atoms with Gasteiger partial charge >= 0.3 is 0 Å². The minimum absolute atomic E-state index is 0.0906. The van der Waals surface area contributed by atoms with Crippen molar-refractivity contribution in [3.63, 3.8) is 0 Å². The Morgan fingerprint density at radius 2 is 1.41 bits per heavy atom. The number of benzene rings is 2. The number of carbonyl (C=O) groups is 2. The van der Waals surface area contributed by atoms with Crippen molar-refractivity contribution in [2.75, 3.05) is 26.3 Å². The fraction of sp³-hybridized carbons (Fsp3) is 0.300. The van der Waals surface area contributed by atoms with Crippen molar-refractivity contribution in [2.24, 2.45) is 0 Å². The maximum atomic E-state index is 11.8. The summed E-state index contributed by atoms with van der Waals surface area (Å²) in [5.74, 6) is 0.974. The van der Waals surface area contributed by atoms with Crippen LogP contribution in [0.15, 0.2) is 48.5 Å². The summed E-state index contributed by atoms with van der Waals surface area (Å²) in [5, 5.41) is 6.08. The standard InChI is InChI=1S/C20H23ClN2O4/c1-2-26-17-7-9-18(10-8-17)27-14-20(25)23-12-11-22-19(24)13-15-3-5-16(21)6-4-15/h3-10H,2,11-14H2,1H3,(H,22,24)(H,23,25). The number of amides is 2. The zero-order valence-electron chi connectivity index (χ0n) is 15.2. The van der Waals surface area contributed by atoms with Gasteiger partial charge in [0, 0.05) is 18.1 Å². The highest BCUT2D eigenvalue weighted by Gasteiger charge is 2.05. The molecule has 6 nitrogen and oxygen atoms in total. The summed E-state index contributed by atoms with van der Waals surface area (Å²) in [6, 6.07) is 14.2. The molecule has 7 heteroatoms. The van der Waals surface area contributed by atoms with Gasteiger partial charge in [-0.2, -0.15) is 0 Å². The van der Waals surface area contributed by atoms with Crippen LogP contribution in [0.2, 0.25) is 5.02 Å². The third-order valence-electron chi connectivity index (χ3n) is 3.55. The van der Waals surface area contributed by atoms with E-state index in [2.05, 4.69) is 10.6 Å². The predicted octanol–water partition coefficient (Wildman–Crippen LogP) is 2.59. The molecule has 0 aromatic heterocycles. The molecule has 0 aliphatic heterocycles. The van der Waals surface area contributed by atoms with Gasteiger partial charge in [0.15, 0.2) is 6.61 Å². The minimum Gasteiger partial charge on any atom is -0.494 e. The SMILES string of the molecule is CCOc1ccc(OCC(=O)NCCNC(=O)Cc2ccc(Cl)cc2)cc1. The van der Waals surface area contributed by atoms with Crippen molar-refractivity contribution in [3.8, 4) is 11.5 Å². The molecule has 2 N–H and O–H groups in total. The van der Waals surface area contributed by atoms with Gasteiger partial charge in [-0.15, -0.1) is 0 Å². The number of ether oxygens (including phenoxy) is 2. The van der Waals surface area contributed by atoms with Gasteiger partial charge in [-0.25, -0.2) is 0 Å². The minimum atomic E-state index is -0.254. The number of hydrogen-bond acceptors (Lipinski definition) is 4. The highest BCUT2D eigenvalue weighted by atomic mass is 35.5. The molecule has 2 amide bonds. The van der Waals surface area contributed by atoms with Gasteiger partial charge < -0.3 is 20.1 Å². The number of hydrogen-bond donors (Lipinski definition) is 2. The van der Waals surface area contributed by atoms with E-state index in [1.54, 1.807) is 36.4 Å². The Balaban J connectivity index is 1.58. The Labute approximate surface area is 163 Å². The van der Waals surface area contributed by atoms with Crippen LogP contribution in [0.1, 0.15) is 12.5 Å². The molecule has 27 heavy (non-hydrogen) atoms. The van der Waals surface area contributed by atoms with Crippen LogP contribution in [0.25, 0.3) is 0 Å². The number of halogens is 1. The molecule has 0 unspecified atom stereocenters. The molecular formula is C20H23ClN2O4. The first-order valence-electron chi connectivity index (χ1n) is 8.70. The fourth-order valence-corrected chi connectivity index (χ4v) is 2.38. The van der Waals surface area contributed by atoms with E-state index in [4.69, 9.17) is 21.1 Å². The Kier molecular flexibility index (Phi) is 8.45. The number of carbonyl (C=O) groups excluding carboxylic acids is 2. The average molecular weight is 391 g/mol. The summed E-state index contributed by atoms with van der Waals surface area (Å²) >= 11 is 5.81. The van der Waals surface area contributed by atoms with E-state index in [1.165, 1.54) is 0 Å². The number of rotatable bonds is 10. The molecule has 0 saturated heterocycles. The van der Waals surface area contributed by atoms with E-state index >= 15 is 0 Å². The monoisotopic (exact) mass is 390 g/mol. The van der Waals surface area contributed by atoms with Crippen LogP contribution in [0.3, 0.4) is 0 Å². The third-order valence-corrected chi connectivity index (χ3v) is 3.80. The maximum absolute atomic E-state index is 11.8. The second-order valence-electron chi connectivity index (χ2n) is 5.70. The lowest BCUT2D eigenvalue weighted by Gasteiger charge is -2.09. The molecular weight excluding hydrogens is 368 g/mol. The number of nitrogens with one attached hydrogen (secondary N) is 2. The van der Waals surface area contributed by atoms with Gasteiger partial charge in [0.2, 0.25) is 5.91 Å². The normalized spacial score (nSPS) is 10.1. The molecule has 0 saturated carbocycles. The molecule has 2 rings (SSSR count). The second kappa shape index (κ2) is 11.1. The molecule has 2 aromatic rings. The highest BCUT2D eigenvalue weighted by Crippen LogP contribution is 2.17. The van der Waals surface area contributed by atoms with E-state index in [0.29, 0.717) is 30.5 Å². The lowest BCUT2D eigenvalue weighted by atomic mass is 10.1. The van der Waals surface area contributed by atoms with Gasteiger partial charge in [0.1, 0.15) is 11.5 Å². The van der Waals surface area contributed by atoms with E-state index < -0.39 is 0 Å². The molecule has 0 bridgehead atoms. The molecule has 144 valence electrons. The molecule has 0 spiro atoms. The largest absolute Gasteiger partial charge is 0.494 e. The molecule has 0 radical (unpaired) electrons. The first-order chi connectivity index (χ1) is 13.1. The Bertz CT molecular complexity index is 733. The van der Waals surface area contributed by atoms with Crippen LogP contribution in [0.5, 0.6) is 11.5 Å². The van der Waals surface area contributed by atoms with Crippen LogP contribution in [-0.4, -0.2) is 38.1 Å². The van der Waals surface area contributed by atoms with Crippen molar-refractivity contribution >= 4 is 23.4 Å². The Hall–Kier alpha value is -2.73. The van der Waals surface area contributed by atoms with Crippen molar-refractivity contribution in [3.05, 3.63) is 59.1 Å². The molecule has 2 aromatic carbocycles. The zero-order valence-corrected chi connectivity index (χ0v) is 15.9. The average Bonchev–Trinajstić information content (AvgIpc) is 2.67. The van der Waals surface area contributed by atoms with Crippen LogP contribution in [0.4, 0.5) is 0 Å². The van der Waals surface area contributed by atoms with Crippen molar-refractivity contribution in [2.45, 2.75) is 13.3 Å². The summed E-state index contributed by atoms with van der Waals surface area (Å²) in [7, 11) is 0. The van der Waals surface area contributed by atoms with Gasteiger partial charge in [-0.05, 0) is 48.9 Å². The zero-order chi connectivity index (χ0) is 19.5. The first kappa shape index (κ1) is 20.6. The topological polar surface area (TPSA) is 76.7 Å². The predicted molar refractivity (Wildman–Crippen MR) is 104 cm³/mol. The third kappa shape index (κ3) is 8.00. The lowest BCUT2D eigenvalue weighted by Crippen LogP contribution is -2.37. The Morgan fingerprint density at radius 3 is 2.00 bits per heavy atom.